The molecule has 1 rings (SSSR count). The highest BCUT2D eigenvalue weighted by atomic mass is 32.2. The van der Waals surface area contributed by atoms with Crippen LogP contribution in [0.2, 0.25) is 0 Å². The molecule has 1 aromatic carbocycles. The van der Waals surface area contributed by atoms with E-state index in [1.807, 2.05) is 19.1 Å². The van der Waals surface area contributed by atoms with E-state index in [4.69, 9.17) is 0 Å². The van der Waals surface area contributed by atoms with Crippen molar-refractivity contribution in [3.63, 3.8) is 0 Å². The molecule has 0 radical (unpaired) electrons. The molecule has 0 aromatic heterocycles. The molecule has 0 saturated carbocycles. The quantitative estimate of drug-likeness (QED) is 0.794. The highest BCUT2D eigenvalue weighted by Crippen LogP contribution is 2.06. The maximum absolute atomic E-state index is 11.7. The first-order chi connectivity index (χ1) is 7.96. The lowest BCUT2D eigenvalue weighted by molar-refractivity contribution is 0.0955. The molecule has 0 unspecified atom stereocenters. The molecule has 0 heterocycles. The minimum atomic E-state index is -3.27. The molecule has 17 heavy (non-hydrogen) atoms. The van der Waals surface area contributed by atoms with E-state index in [0.29, 0.717) is 5.56 Å². The highest BCUT2D eigenvalue weighted by molar-refractivity contribution is 7.89. The molecule has 0 saturated heterocycles. The van der Waals surface area contributed by atoms with E-state index in [9.17, 15) is 13.2 Å². The zero-order valence-corrected chi connectivity index (χ0v) is 10.7. The van der Waals surface area contributed by atoms with Crippen LogP contribution in [0.15, 0.2) is 24.3 Å². The number of sulfonamides is 1. The van der Waals surface area contributed by atoms with Crippen LogP contribution in [0, 0.1) is 6.92 Å². The number of carbonyl (C=O) groups is 1. The summed E-state index contributed by atoms with van der Waals surface area (Å²) in [5, 5.41) is 2.57. The maximum atomic E-state index is 11.7. The maximum Gasteiger partial charge on any atom is 0.251 e. The summed E-state index contributed by atoms with van der Waals surface area (Å²) in [6.45, 7) is 1.93. The van der Waals surface area contributed by atoms with Gasteiger partial charge in [0.2, 0.25) is 10.0 Å². The van der Waals surface area contributed by atoms with Gasteiger partial charge in [-0.1, -0.05) is 18.2 Å². The number of rotatable bonds is 5. The predicted molar refractivity (Wildman–Crippen MR) is 66.4 cm³/mol. The van der Waals surface area contributed by atoms with Gasteiger partial charge in [0.25, 0.3) is 5.91 Å². The molecule has 2 N–H and O–H groups in total. The van der Waals surface area contributed by atoms with Gasteiger partial charge in [0.1, 0.15) is 0 Å². The number of amides is 1. The first-order valence-electron chi connectivity index (χ1n) is 5.21. The molecule has 0 aliphatic heterocycles. The summed E-state index contributed by atoms with van der Waals surface area (Å²) in [5.74, 6) is -0.379. The van der Waals surface area contributed by atoms with E-state index >= 15 is 0 Å². The Kier molecular flexibility index (Phi) is 4.65. The molecule has 0 aliphatic carbocycles. The van der Waals surface area contributed by atoms with Crippen LogP contribution < -0.4 is 10.0 Å². The molecule has 5 nitrogen and oxygen atoms in total. The SMILES string of the molecule is CNS(=O)(=O)CCNC(=O)c1ccccc1C. The number of benzene rings is 1. The van der Waals surface area contributed by atoms with E-state index < -0.39 is 10.0 Å². The van der Waals surface area contributed by atoms with E-state index in [0.717, 1.165) is 5.56 Å². The molecular weight excluding hydrogens is 240 g/mol. The van der Waals surface area contributed by atoms with Crippen molar-refractivity contribution in [2.24, 2.45) is 0 Å². The zero-order chi connectivity index (χ0) is 12.9. The van der Waals surface area contributed by atoms with Gasteiger partial charge in [0.15, 0.2) is 0 Å². The third-order valence-corrected chi connectivity index (χ3v) is 3.72. The van der Waals surface area contributed by atoms with Crippen molar-refractivity contribution < 1.29 is 13.2 Å². The molecule has 0 spiro atoms. The van der Waals surface area contributed by atoms with Gasteiger partial charge in [-0.3, -0.25) is 4.79 Å². The zero-order valence-electron chi connectivity index (χ0n) is 9.86. The van der Waals surface area contributed by atoms with Crippen LogP contribution in [0.1, 0.15) is 15.9 Å². The van der Waals surface area contributed by atoms with Gasteiger partial charge in [0.05, 0.1) is 5.75 Å². The van der Waals surface area contributed by atoms with E-state index in [1.54, 1.807) is 12.1 Å². The topological polar surface area (TPSA) is 75.3 Å². The predicted octanol–water partition coefficient (Wildman–Crippen LogP) is 0.274. The molecular formula is C11H16N2O3S. The molecule has 1 amide bonds. The summed E-state index contributed by atoms with van der Waals surface area (Å²) in [6, 6.07) is 7.15. The van der Waals surface area contributed by atoms with Gasteiger partial charge in [-0.15, -0.1) is 0 Å². The van der Waals surface area contributed by atoms with Crippen molar-refractivity contribution in [1.82, 2.24) is 10.0 Å². The van der Waals surface area contributed by atoms with Crippen LogP contribution in [0.5, 0.6) is 0 Å². The second-order valence-corrected chi connectivity index (χ2v) is 5.64. The molecule has 94 valence electrons. The summed E-state index contributed by atoms with van der Waals surface area (Å²) in [5.41, 5.74) is 1.43. The Morgan fingerprint density at radius 2 is 1.94 bits per heavy atom. The van der Waals surface area contributed by atoms with Gasteiger partial charge in [0, 0.05) is 12.1 Å². The molecule has 0 fully saturated rings. The van der Waals surface area contributed by atoms with Crippen LogP contribution in [0.25, 0.3) is 0 Å². The smallest absolute Gasteiger partial charge is 0.251 e. The van der Waals surface area contributed by atoms with Gasteiger partial charge in [-0.25, -0.2) is 13.1 Å². The largest absolute Gasteiger partial charge is 0.351 e. The number of aryl methyl sites for hydroxylation is 1. The summed E-state index contributed by atoms with van der Waals surface area (Å²) in [7, 11) is -1.93. The van der Waals surface area contributed by atoms with Gasteiger partial charge < -0.3 is 5.32 Å². The van der Waals surface area contributed by atoms with Crippen LogP contribution in [0.4, 0.5) is 0 Å². The van der Waals surface area contributed by atoms with Crippen LogP contribution in [-0.2, 0) is 10.0 Å². The van der Waals surface area contributed by atoms with Crippen molar-refractivity contribution in [1.29, 1.82) is 0 Å². The molecule has 6 heteroatoms. The van der Waals surface area contributed by atoms with Crippen LogP contribution in [0.3, 0.4) is 0 Å². The van der Waals surface area contributed by atoms with Crippen molar-refractivity contribution in [2.45, 2.75) is 6.92 Å². The third kappa shape index (κ3) is 4.16. The van der Waals surface area contributed by atoms with Crippen LogP contribution >= 0.6 is 0 Å². The molecule has 0 aliphatic rings. The Morgan fingerprint density at radius 1 is 1.29 bits per heavy atom. The molecule has 0 bridgehead atoms. The Balaban J connectivity index is 2.55. The number of hydrogen-bond acceptors (Lipinski definition) is 3. The number of nitrogens with one attached hydrogen (secondary N) is 2. The highest BCUT2D eigenvalue weighted by Gasteiger charge is 2.10. The van der Waals surface area contributed by atoms with Gasteiger partial charge >= 0.3 is 0 Å². The van der Waals surface area contributed by atoms with E-state index in [2.05, 4.69) is 10.0 Å². The van der Waals surface area contributed by atoms with E-state index in [-0.39, 0.29) is 18.2 Å². The fraction of sp³-hybridized carbons (Fsp3) is 0.364. The normalized spacial score (nSPS) is 11.2. The lowest BCUT2D eigenvalue weighted by atomic mass is 10.1. The average Bonchev–Trinajstić information content (AvgIpc) is 2.29. The second kappa shape index (κ2) is 5.79. The molecule has 1 aromatic rings. The number of carbonyl (C=O) groups excluding carboxylic acids is 1. The fourth-order valence-electron chi connectivity index (χ4n) is 1.32. The van der Waals surface area contributed by atoms with Crippen molar-refractivity contribution in [3.8, 4) is 0 Å². The van der Waals surface area contributed by atoms with Crippen molar-refractivity contribution in [3.05, 3.63) is 35.4 Å². The lowest BCUT2D eigenvalue weighted by Gasteiger charge is -2.07. The van der Waals surface area contributed by atoms with Gasteiger partial charge in [-0.2, -0.15) is 0 Å². The minimum absolute atomic E-state index is 0.0936. The van der Waals surface area contributed by atoms with Crippen molar-refractivity contribution >= 4 is 15.9 Å². The summed E-state index contributed by atoms with van der Waals surface area (Å²) >= 11 is 0. The second-order valence-electron chi connectivity index (χ2n) is 3.59. The van der Waals surface area contributed by atoms with E-state index in [1.165, 1.54) is 7.05 Å². The minimum Gasteiger partial charge on any atom is -0.351 e. The average molecular weight is 256 g/mol. The Morgan fingerprint density at radius 3 is 2.53 bits per heavy atom. The number of hydrogen-bond donors (Lipinski definition) is 2. The monoisotopic (exact) mass is 256 g/mol. The van der Waals surface area contributed by atoms with Crippen molar-refractivity contribution in [2.75, 3.05) is 19.3 Å². The fourth-order valence-corrected chi connectivity index (χ4v) is 1.90. The Labute approximate surface area is 101 Å². The Bertz CT molecular complexity index is 497. The Hall–Kier alpha value is -1.40. The molecule has 0 atom stereocenters. The first kappa shape index (κ1) is 13.7. The standard InChI is InChI=1S/C11H16N2O3S/c1-9-5-3-4-6-10(9)11(14)13-7-8-17(15,16)12-2/h3-6,12H,7-8H2,1-2H3,(H,13,14). The summed E-state index contributed by atoms with van der Waals surface area (Å²) in [6.07, 6.45) is 0. The van der Waals surface area contributed by atoms with Gasteiger partial charge in [-0.05, 0) is 25.6 Å². The summed E-state index contributed by atoms with van der Waals surface area (Å²) < 4.78 is 24.4. The first-order valence-corrected chi connectivity index (χ1v) is 6.86. The summed E-state index contributed by atoms with van der Waals surface area (Å²) in [4.78, 5) is 11.7. The third-order valence-electron chi connectivity index (χ3n) is 2.36. The van der Waals surface area contributed by atoms with Crippen LogP contribution in [-0.4, -0.2) is 33.7 Å². The lowest BCUT2D eigenvalue weighted by Crippen LogP contribution is -2.33.